The van der Waals surface area contributed by atoms with Crippen molar-refractivity contribution < 1.29 is 23.7 Å². The highest BCUT2D eigenvalue weighted by molar-refractivity contribution is 7.80. The summed E-state index contributed by atoms with van der Waals surface area (Å²) in [6.07, 6.45) is 0.819. The zero-order valence-electron chi connectivity index (χ0n) is 20.4. The Bertz CT molecular complexity index is 1150. The molecule has 1 aliphatic rings. The van der Waals surface area contributed by atoms with Crippen molar-refractivity contribution in [1.29, 1.82) is 0 Å². The molecule has 3 aromatic carbocycles. The molecule has 0 radical (unpaired) electrons. The third-order valence-electron chi connectivity index (χ3n) is 6.07. The molecule has 0 saturated carbocycles. The van der Waals surface area contributed by atoms with Crippen LogP contribution in [0.3, 0.4) is 0 Å². The van der Waals surface area contributed by atoms with Crippen LogP contribution in [0.25, 0.3) is 0 Å². The van der Waals surface area contributed by atoms with Gasteiger partial charge >= 0.3 is 0 Å². The Morgan fingerprint density at radius 2 is 1.40 bits per heavy atom. The second-order valence-corrected chi connectivity index (χ2v) is 8.40. The zero-order chi connectivity index (χ0) is 24.8. The second kappa shape index (κ2) is 11.2. The highest BCUT2D eigenvalue weighted by Crippen LogP contribution is 2.39. The summed E-state index contributed by atoms with van der Waals surface area (Å²) in [5, 5.41) is 3.99. The van der Waals surface area contributed by atoms with Crippen LogP contribution < -0.4 is 29.0 Å². The van der Waals surface area contributed by atoms with E-state index in [1.165, 1.54) is 5.56 Å². The van der Waals surface area contributed by atoms with E-state index >= 15 is 0 Å². The number of anilines is 1. The molecule has 0 saturated heterocycles. The third kappa shape index (κ3) is 5.54. The smallest absolute Gasteiger partial charge is 0.174 e. The van der Waals surface area contributed by atoms with E-state index in [1.54, 1.807) is 28.4 Å². The summed E-state index contributed by atoms with van der Waals surface area (Å²) in [7, 11) is 6.58. The van der Waals surface area contributed by atoms with E-state index in [-0.39, 0.29) is 6.04 Å². The fourth-order valence-electron chi connectivity index (χ4n) is 4.17. The number of nitrogens with zero attached hydrogens (tertiary/aromatic N) is 1. The normalized spacial score (nSPS) is 14.5. The number of hydrogen-bond donors (Lipinski definition) is 1. The molecule has 0 bridgehead atoms. The fourth-order valence-corrected chi connectivity index (χ4v) is 4.50. The van der Waals surface area contributed by atoms with Gasteiger partial charge < -0.3 is 33.9 Å². The Hall–Kier alpha value is -3.65. The summed E-state index contributed by atoms with van der Waals surface area (Å²) in [4.78, 5) is 2.16. The Labute approximate surface area is 211 Å². The molecule has 35 heavy (non-hydrogen) atoms. The van der Waals surface area contributed by atoms with Crippen LogP contribution in [0.1, 0.15) is 17.2 Å². The Morgan fingerprint density at radius 1 is 0.829 bits per heavy atom. The predicted octanol–water partition coefficient (Wildman–Crippen LogP) is 5.10. The number of methoxy groups -OCH3 is 4. The van der Waals surface area contributed by atoms with Crippen molar-refractivity contribution in [2.45, 2.75) is 12.5 Å². The number of benzene rings is 3. The monoisotopic (exact) mass is 494 g/mol. The molecule has 0 spiro atoms. The average molecular weight is 495 g/mol. The number of nitrogens with one attached hydrogen (secondary N) is 1. The number of thiocarbonyl (C=S) groups is 1. The second-order valence-electron chi connectivity index (χ2n) is 8.01. The van der Waals surface area contributed by atoms with Crippen molar-refractivity contribution in [3.63, 3.8) is 0 Å². The molecular formula is C27H30N2O5S. The summed E-state index contributed by atoms with van der Waals surface area (Å²) in [5.41, 5.74) is 3.18. The van der Waals surface area contributed by atoms with Crippen LogP contribution in [0.4, 0.5) is 5.69 Å². The molecule has 0 fully saturated rings. The van der Waals surface area contributed by atoms with Crippen molar-refractivity contribution in [1.82, 2.24) is 4.90 Å². The lowest BCUT2D eigenvalue weighted by molar-refractivity contribution is 0.190. The van der Waals surface area contributed by atoms with Gasteiger partial charge in [-0.25, -0.2) is 0 Å². The topological polar surface area (TPSA) is 61.4 Å². The molecule has 0 aliphatic carbocycles. The molecule has 3 aromatic rings. The molecule has 1 heterocycles. The van der Waals surface area contributed by atoms with Crippen molar-refractivity contribution in [3.05, 3.63) is 71.8 Å². The first-order chi connectivity index (χ1) is 17.1. The molecule has 1 aliphatic heterocycles. The third-order valence-corrected chi connectivity index (χ3v) is 6.41. The molecule has 8 heteroatoms. The van der Waals surface area contributed by atoms with Gasteiger partial charge in [0.15, 0.2) is 16.6 Å². The van der Waals surface area contributed by atoms with Gasteiger partial charge in [-0.1, -0.05) is 0 Å². The molecule has 1 unspecified atom stereocenters. The van der Waals surface area contributed by atoms with Crippen LogP contribution >= 0.6 is 12.2 Å². The molecular weight excluding hydrogens is 464 g/mol. The first kappa shape index (κ1) is 24.5. The largest absolute Gasteiger partial charge is 0.497 e. The molecule has 1 atom stereocenters. The van der Waals surface area contributed by atoms with Gasteiger partial charge in [-0.2, -0.15) is 0 Å². The van der Waals surface area contributed by atoms with Crippen molar-refractivity contribution >= 4 is 23.0 Å². The van der Waals surface area contributed by atoms with Crippen LogP contribution in [0.15, 0.2) is 60.7 Å². The van der Waals surface area contributed by atoms with Crippen LogP contribution in [0, 0.1) is 0 Å². The zero-order valence-corrected chi connectivity index (χ0v) is 21.2. The van der Waals surface area contributed by atoms with Gasteiger partial charge in [0.25, 0.3) is 0 Å². The number of hydrogen-bond acceptors (Lipinski definition) is 6. The van der Waals surface area contributed by atoms with Gasteiger partial charge in [-0.3, -0.25) is 0 Å². The lowest BCUT2D eigenvalue weighted by Gasteiger charge is -2.39. The van der Waals surface area contributed by atoms with Gasteiger partial charge in [0.2, 0.25) is 0 Å². The van der Waals surface area contributed by atoms with Crippen LogP contribution in [0.5, 0.6) is 28.7 Å². The van der Waals surface area contributed by atoms with E-state index in [1.807, 2.05) is 60.7 Å². The minimum Gasteiger partial charge on any atom is -0.497 e. The maximum absolute atomic E-state index is 6.22. The highest BCUT2D eigenvalue weighted by Gasteiger charge is 2.31. The van der Waals surface area contributed by atoms with Crippen LogP contribution in [-0.4, -0.2) is 51.6 Å². The van der Waals surface area contributed by atoms with Crippen molar-refractivity contribution in [2.75, 3.05) is 46.9 Å². The van der Waals surface area contributed by atoms with Gasteiger partial charge in [-0.15, -0.1) is 0 Å². The standard InChI is InChI=1S/C27H30N2O5S/c1-30-20-7-5-19(6-8-20)28-27(35)29-14-13-18-15-25(32-3)26(33-4)16-23(18)24(29)17-34-22-11-9-21(31-2)10-12-22/h5-12,15-16,24H,13-14,17H2,1-4H3,(H,28,35). The summed E-state index contributed by atoms with van der Waals surface area (Å²) < 4.78 is 27.9. The van der Waals surface area contributed by atoms with Gasteiger partial charge in [0, 0.05) is 12.2 Å². The Kier molecular flexibility index (Phi) is 7.82. The minimum atomic E-state index is -0.126. The lowest BCUT2D eigenvalue weighted by Crippen LogP contribution is -2.44. The maximum Gasteiger partial charge on any atom is 0.174 e. The van der Waals surface area contributed by atoms with Gasteiger partial charge in [0.05, 0.1) is 34.5 Å². The van der Waals surface area contributed by atoms with Gasteiger partial charge in [0.1, 0.15) is 23.9 Å². The van der Waals surface area contributed by atoms with E-state index in [4.69, 9.17) is 35.9 Å². The van der Waals surface area contributed by atoms with E-state index in [2.05, 4.69) is 10.2 Å². The predicted molar refractivity (Wildman–Crippen MR) is 140 cm³/mol. The van der Waals surface area contributed by atoms with Gasteiger partial charge in [-0.05, 0) is 90.4 Å². The summed E-state index contributed by atoms with van der Waals surface area (Å²) in [6.45, 7) is 1.14. The summed E-state index contributed by atoms with van der Waals surface area (Å²) >= 11 is 5.85. The number of ether oxygens (including phenoxy) is 5. The summed E-state index contributed by atoms with van der Waals surface area (Å²) in [5.74, 6) is 3.72. The SMILES string of the molecule is COc1ccc(NC(=S)N2CCc3cc(OC)c(OC)cc3C2COc2ccc(OC)cc2)cc1. The Balaban J connectivity index is 1.61. The lowest BCUT2D eigenvalue weighted by atomic mass is 9.92. The molecule has 1 N–H and O–H groups in total. The number of rotatable bonds is 8. The molecule has 4 rings (SSSR count). The van der Waals surface area contributed by atoms with Crippen molar-refractivity contribution in [3.8, 4) is 28.7 Å². The van der Waals surface area contributed by atoms with Crippen LogP contribution in [0.2, 0.25) is 0 Å². The van der Waals surface area contributed by atoms with E-state index in [0.29, 0.717) is 23.2 Å². The molecule has 0 amide bonds. The Morgan fingerprint density at radius 3 is 2.00 bits per heavy atom. The number of fused-ring (bicyclic) bond motifs is 1. The quantitative estimate of drug-likeness (QED) is 0.434. The van der Waals surface area contributed by atoms with E-state index in [9.17, 15) is 0 Å². The van der Waals surface area contributed by atoms with Crippen molar-refractivity contribution in [2.24, 2.45) is 0 Å². The first-order valence-electron chi connectivity index (χ1n) is 11.3. The fraction of sp³-hybridized carbons (Fsp3) is 0.296. The van der Waals surface area contributed by atoms with Crippen LogP contribution in [-0.2, 0) is 6.42 Å². The molecule has 0 aromatic heterocycles. The van der Waals surface area contributed by atoms with E-state index < -0.39 is 0 Å². The van der Waals surface area contributed by atoms with E-state index in [0.717, 1.165) is 41.5 Å². The maximum atomic E-state index is 6.22. The summed E-state index contributed by atoms with van der Waals surface area (Å²) in [6, 6.07) is 19.2. The first-order valence-corrected chi connectivity index (χ1v) is 11.7. The molecule has 184 valence electrons. The molecule has 7 nitrogen and oxygen atoms in total. The minimum absolute atomic E-state index is 0.126. The average Bonchev–Trinajstić information content (AvgIpc) is 2.91. The highest BCUT2D eigenvalue weighted by atomic mass is 32.1.